The highest BCUT2D eigenvalue weighted by Crippen LogP contribution is 2.20. The summed E-state index contributed by atoms with van der Waals surface area (Å²) in [5.41, 5.74) is 9.51. The third-order valence-corrected chi connectivity index (χ3v) is 2.75. The molecule has 0 fully saturated rings. The van der Waals surface area contributed by atoms with Crippen molar-refractivity contribution in [1.82, 2.24) is 4.90 Å². The quantitative estimate of drug-likeness (QED) is 0.817. The van der Waals surface area contributed by atoms with E-state index >= 15 is 0 Å². The van der Waals surface area contributed by atoms with Crippen molar-refractivity contribution in [2.45, 2.75) is 13.5 Å². The smallest absolute Gasteiger partial charge is 0.0412 e. The first-order chi connectivity index (χ1) is 7.54. The third-order valence-electron chi connectivity index (χ3n) is 2.75. The van der Waals surface area contributed by atoms with Gasteiger partial charge < -0.3 is 15.5 Å². The molecular formula is C13H23N3. The number of nitrogens with zero attached hydrogens (tertiary/aromatic N) is 2. The molecule has 0 saturated heterocycles. The highest BCUT2D eigenvalue weighted by Gasteiger charge is 2.06. The molecule has 0 spiro atoms. The molecule has 1 aromatic carbocycles. The minimum absolute atomic E-state index is 0.599. The van der Waals surface area contributed by atoms with E-state index in [1.165, 1.54) is 16.8 Å². The van der Waals surface area contributed by atoms with E-state index in [0.29, 0.717) is 6.54 Å². The van der Waals surface area contributed by atoms with Gasteiger partial charge in [0.1, 0.15) is 0 Å². The summed E-state index contributed by atoms with van der Waals surface area (Å²) in [6, 6.07) is 6.44. The van der Waals surface area contributed by atoms with Crippen LogP contribution in [0.1, 0.15) is 11.1 Å². The standard InChI is InChI=1S/C13H23N3/c1-11-5-6-12(10-14)13(9-11)16(4)8-7-15(2)3/h5-6,9H,7-8,10,14H2,1-4H3. The van der Waals surface area contributed by atoms with Gasteiger partial charge in [-0.15, -0.1) is 0 Å². The van der Waals surface area contributed by atoms with Crippen molar-refractivity contribution in [2.75, 3.05) is 39.1 Å². The van der Waals surface area contributed by atoms with Gasteiger partial charge in [0.05, 0.1) is 0 Å². The van der Waals surface area contributed by atoms with Crippen LogP contribution in [0.2, 0.25) is 0 Å². The Labute approximate surface area is 98.8 Å². The fourth-order valence-corrected chi connectivity index (χ4v) is 1.67. The molecule has 2 N–H and O–H groups in total. The lowest BCUT2D eigenvalue weighted by atomic mass is 10.1. The van der Waals surface area contributed by atoms with E-state index < -0.39 is 0 Å². The van der Waals surface area contributed by atoms with E-state index in [-0.39, 0.29) is 0 Å². The predicted molar refractivity (Wildman–Crippen MR) is 70.9 cm³/mol. The molecule has 0 aliphatic rings. The first-order valence-corrected chi connectivity index (χ1v) is 5.70. The maximum atomic E-state index is 5.76. The molecular weight excluding hydrogens is 198 g/mol. The largest absolute Gasteiger partial charge is 0.373 e. The van der Waals surface area contributed by atoms with E-state index in [1.807, 2.05) is 0 Å². The number of hydrogen-bond acceptors (Lipinski definition) is 3. The fraction of sp³-hybridized carbons (Fsp3) is 0.538. The molecule has 0 unspecified atom stereocenters. The van der Waals surface area contributed by atoms with Crippen LogP contribution in [0.5, 0.6) is 0 Å². The molecule has 0 aromatic heterocycles. The van der Waals surface area contributed by atoms with Gasteiger partial charge in [0.2, 0.25) is 0 Å². The maximum absolute atomic E-state index is 5.76. The second-order valence-electron chi connectivity index (χ2n) is 4.56. The first kappa shape index (κ1) is 13.0. The Balaban J connectivity index is 2.80. The molecule has 16 heavy (non-hydrogen) atoms. The number of aryl methyl sites for hydroxylation is 1. The van der Waals surface area contributed by atoms with Gasteiger partial charge in [-0.3, -0.25) is 0 Å². The van der Waals surface area contributed by atoms with Gasteiger partial charge in [-0.25, -0.2) is 0 Å². The number of rotatable bonds is 5. The van der Waals surface area contributed by atoms with Crippen LogP contribution in [0.3, 0.4) is 0 Å². The average molecular weight is 221 g/mol. The molecule has 90 valence electrons. The van der Waals surface area contributed by atoms with Crippen molar-refractivity contribution in [1.29, 1.82) is 0 Å². The molecule has 0 atom stereocenters. The summed E-state index contributed by atoms with van der Waals surface area (Å²) in [4.78, 5) is 4.46. The number of nitrogens with two attached hydrogens (primary N) is 1. The topological polar surface area (TPSA) is 32.5 Å². The van der Waals surface area contributed by atoms with Crippen LogP contribution in [-0.2, 0) is 6.54 Å². The van der Waals surface area contributed by atoms with Crippen molar-refractivity contribution in [2.24, 2.45) is 5.73 Å². The van der Waals surface area contributed by atoms with Crippen LogP contribution < -0.4 is 10.6 Å². The van der Waals surface area contributed by atoms with Crippen molar-refractivity contribution in [3.63, 3.8) is 0 Å². The zero-order valence-corrected chi connectivity index (χ0v) is 10.8. The van der Waals surface area contributed by atoms with Crippen LogP contribution in [0.25, 0.3) is 0 Å². The molecule has 1 rings (SSSR count). The van der Waals surface area contributed by atoms with Gasteiger partial charge in [-0.1, -0.05) is 12.1 Å². The van der Waals surface area contributed by atoms with E-state index in [4.69, 9.17) is 5.73 Å². The van der Waals surface area contributed by atoms with Gasteiger partial charge in [0.25, 0.3) is 0 Å². The van der Waals surface area contributed by atoms with Crippen LogP contribution >= 0.6 is 0 Å². The zero-order valence-electron chi connectivity index (χ0n) is 10.8. The third kappa shape index (κ3) is 3.51. The summed E-state index contributed by atoms with van der Waals surface area (Å²) in [6.07, 6.45) is 0. The van der Waals surface area contributed by atoms with Crippen LogP contribution in [0, 0.1) is 6.92 Å². The fourth-order valence-electron chi connectivity index (χ4n) is 1.67. The lowest BCUT2D eigenvalue weighted by Gasteiger charge is -2.24. The Hall–Kier alpha value is -1.06. The lowest BCUT2D eigenvalue weighted by molar-refractivity contribution is 0.416. The molecule has 0 heterocycles. The highest BCUT2D eigenvalue weighted by atomic mass is 15.2. The zero-order chi connectivity index (χ0) is 12.1. The Morgan fingerprint density at radius 1 is 1.12 bits per heavy atom. The van der Waals surface area contributed by atoms with Crippen molar-refractivity contribution >= 4 is 5.69 Å². The minimum atomic E-state index is 0.599. The van der Waals surface area contributed by atoms with Crippen LogP contribution in [0.15, 0.2) is 18.2 Å². The van der Waals surface area contributed by atoms with E-state index in [2.05, 4.69) is 56.1 Å². The molecule has 0 aliphatic heterocycles. The number of anilines is 1. The summed E-state index contributed by atoms with van der Waals surface area (Å²) in [5, 5.41) is 0. The first-order valence-electron chi connectivity index (χ1n) is 5.70. The van der Waals surface area contributed by atoms with Gasteiger partial charge in [0.15, 0.2) is 0 Å². The Bertz CT molecular complexity index is 334. The predicted octanol–water partition coefficient (Wildman–Crippen LogP) is 1.45. The van der Waals surface area contributed by atoms with Gasteiger partial charge >= 0.3 is 0 Å². The molecule has 0 bridgehead atoms. The molecule has 3 nitrogen and oxygen atoms in total. The number of hydrogen-bond donors (Lipinski definition) is 1. The Morgan fingerprint density at radius 2 is 1.81 bits per heavy atom. The van der Waals surface area contributed by atoms with E-state index in [0.717, 1.165) is 13.1 Å². The molecule has 0 aliphatic carbocycles. The maximum Gasteiger partial charge on any atom is 0.0412 e. The second-order valence-corrected chi connectivity index (χ2v) is 4.56. The van der Waals surface area contributed by atoms with Crippen LogP contribution in [0.4, 0.5) is 5.69 Å². The van der Waals surface area contributed by atoms with Gasteiger partial charge in [-0.2, -0.15) is 0 Å². The average Bonchev–Trinajstić information content (AvgIpc) is 2.25. The second kappa shape index (κ2) is 5.87. The summed E-state index contributed by atoms with van der Waals surface area (Å²) in [5.74, 6) is 0. The monoisotopic (exact) mass is 221 g/mol. The summed E-state index contributed by atoms with van der Waals surface area (Å²) in [6.45, 7) is 4.78. The SMILES string of the molecule is Cc1ccc(CN)c(N(C)CCN(C)C)c1. The van der Waals surface area contributed by atoms with Gasteiger partial charge in [-0.05, 0) is 38.2 Å². The highest BCUT2D eigenvalue weighted by molar-refractivity contribution is 5.54. The van der Waals surface area contributed by atoms with Crippen LogP contribution in [-0.4, -0.2) is 39.1 Å². The number of benzene rings is 1. The summed E-state index contributed by atoms with van der Waals surface area (Å²) >= 11 is 0. The Kier molecular flexibility index (Phi) is 4.77. The Morgan fingerprint density at radius 3 is 2.38 bits per heavy atom. The molecule has 3 heteroatoms. The normalized spacial score (nSPS) is 10.9. The molecule has 0 amide bonds. The van der Waals surface area contributed by atoms with E-state index in [1.54, 1.807) is 0 Å². The molecule has 0 radical (unpaired) electrons. The van der Waals surface area contributed by atoms with Crippen molar-refractivity contribution in [3.05, 3.63) is 29.3 Å². The number of likely N-dealkylation sites (N-methyl/N-ethyl adjacent to an activating group) is 2. The summed E-state index contributed by atoms with van der Waals surface area (Å²) in [7, 11) is 6.30. The van der Waals surface area contributed by atoms with Crippen molar-refractivity contribution in [3.8, 4) is 0 Å². The van der Waals surface area contributed by atoms with E-state index in [9.17, 15) is 0 Å². The van der Waals surface area contributed by atoms with Gasteiger partial charge in [0, 0.05) is 32.4 Å². The lowest BCUT2D eigenvalue weighted by Crippen LogP contribution is -2.29. The molecule has 1 aromatic rings. The minimum Gasteiger partial charge on any atom is -0.373 e. The summed E-state index contributed by atoms with van der Waals surface area (Å²) < 4.78 is 0. The van der Waals surface area contributed by atoms with Crippen molar-refractivity contribution < 1.29 is 0 Å². The molecule has 0 saturated carbocycles.